The van der Waals surface area contributed by atoms with Gasteiger partial charge in [0, 0.05) is 11.0 Å². The molecule has 0 atom stereocenters. The van der Waals surface area contributed by atoms with Crippen molar-refractivity contribution in [2.24, 2.45) is 0 Å². The van der Waals surface area contributed by atoms with Gasteiger partial charge in [0.15, 0.2) is 0 Å². The zero-order valence-corrected chi connectivity index (χ0v) is 9.33. The van der Waals surface area contributed by atoms with Crippen molar-refractivity contribution < 1.29 is 5.11 Å². The number of rotatable bonds is 1. The molecule has 0 amide bonds. The molecular weight excluding hydrogens is 188 g/mol. The van der Waals surface area contributed by atoms with Crippen LogP contribution >= 0.6 is 0 Å². The number of benzene rings is 1. The van der Waals surface area contributed by atoms with Gasteiger partial charge in [-0.05, 0) is 6.07 Å². The highest BCUT2D eigenvalue weighted by Crippen LogP contribution is 2.24. The number of hydrogen-bond donors (Lipinski definition) is 2. The van der Waals surface area contributed by atoms with Gasteiger partial charge in [0.1, 0.15) is 5.82 Å². The van der Waals surface area contributed by atoms with Crippen molar-refractivity contribution in [3.05, 3.63) is 29.6 Å². The molecule has 1 aromatic carbocycles. The second kappa shape index (κ2) is 3.35. The smallest absolute Gasteiger partial charge is 0.112 e. The summed E-state index contributed by atoms with van der Waals surface area (Å²) in [6, 6.07) is 5.81. The van der Waals surface area contributed by atoms with Gasteiger partial charge in [-0.1, -0.05) is 32.9 Å². The minimum Gasteiger partial charge on any atom is -0.392 e. The molecule has 3 heteroatoms. The molecule has 0 saturated carbocycles. The van der Waals surface area contributed by atoms with Gasteiger partial charge >= 0.3 is 0 Å². The predicted molar refractivity (Wildman–Crippen MR) is 60.7 cm³/mol. The number of aliphatic hydroxyl groups is 1. The fourth-order valence-corrected chi connectivity index (χ4v) is 1.57. The molecule has 0 unspecified atom stereocenters. The quantitative estimate of drug-likeness (QED) is 0.749. The van der Waals surface area contributed by atoms with Crippen molar-refractivity contribution in [3.8, 4) is 0 Å². The lowest BCUT2D eigenvalue weighted by molar-refractivity contribution is 0.283. The molecule has 0 radical (unpaired) electrons. The standard InChI is InChI=1S/C12H16N2O/c1-12(2,3)11-13-9-6-4-5-8(7-15)10(9)14-11/h4-6,15H,7H2,1-3H3,(H,13,14). The summed E-state index contributed by atoms with van der Waals surface area (Å²) in [4.78, 5) is 7.83. The van der Waals surface area contributed by atoms with Crippen LogP contribution < -0.4 is 0 Å². The van der Waals surface area contributed by atoms with Gasteiger partial charge in [0.05, 0.1) is 17.6 Å². The minimum atomic E-state index is 0.00570. The Labute approximate surface area is 89.2 Å². The molecule has 0 spiro atoms. The van der Waals surface area contributed by atoms with E-state index in [4.69, 9.17) is 0 Å². The van der Waals surface area contributed by atoms with Gasteiger partial charge in [-0.2, -0.15) is 0 Å². The summed E-state index contributed by atoms with van der Waals surface area (Å²) in [7, 11) is 0. The van der Waals surface area contributed by atoms with Crippen LogP contribution in [0.25, 0.3) is 11.0 Å². The maximum Gasteiger partial charge on any atom is 0.112 e. The highest BCUT2D eigenvalue weighted by Gasteiger charge is 2.18. The lowest BCUT2D eigenvalue weighted by Crippen LogP contribution is -2.13. The summed E-state index contributed by atoms with van der Waals surface area (Å²) >= 11 is 0. The van der Waals surface area contributed by atoms with E-state index in [1.165, 1.54) is 0 Å². The normalized spacial score (nSPS) is 12.3. The SMILES string of the molecule is CC(C)(C)c1nc2c(CO)cccc2[nH]1. The topological polar surface area (TPSA) is 48.9 Å². The number of aliphatic hydroxyl groups excluding tert-OH is 1. The first-order valence-electron chi connectivity index (χ1n) is 5.11. The number of nitrogens with one attached hydrogen (secondary N) is 1. The van der Waals surface area contributed by atoms with Crippen LogP contribution in [0.2, 0.25) is 0 Å². The van der Waals surface area contributed by atoms with Crippen LogP contribution in [0.5, 0.6) is 0 Å². The molecule has 0 fully saturated rings. The average Bonchev–Trinajstić information content (AvgIpc) is 2.59. The number of para-hydroxylation sites is 1. The van der Waals surface area contributed by atoms with Crippen molar-refractivity contribution in [1.82, 2.24) is 9.97 Å². The van der Waals surface area contributed by atoms with Crippen molar-refractivity contribution in [3.63, 3.8) is 0 Å². The molecule has 80 valence electrons. The summed E-state index contributed by atoms with van der Waals surface area (Å²) in [5.41, 5.74) is 2.75. The highest BCUT2D eigenvalue weighted by atomic mass is 16.3. The maximum absolute atomic E-state index is 9.19. The third kappa shape index (κ3) is 1.75. The second-order valence-electron chi connectivity index (χ2n) is 4.81. The molecule has 0 aliphatic carbocycles. The van der Waals surface area contributed by atoms with Gasteiger partial charge in [-0.15, -0.1) is 0 Å². The van der Waals surface area contributed by atoms with E-state index in [0.29, 0.717) is 0 Å². The van der Waals surface area contributed by atoms with Crippen LogP contribution in [0.15, 0.2) is 18.2 Å². The fourth-order valence-electron chi connectivity index (χ4n) is 1.57. The van der Waals surface area contributed by atoms with E-state index >= 15 is 0 Å². The lowest BCUT2D eigenvalue weighted by Gasteiger charge is -2.13. The van der Waals surface area contributed by atoms with E-state index in [-0.39, 0.29) is 12.0 Å². The van der Waals surface area contributed by atoms with Crippen molar-refractivity contribution in [1.29, 1.82) is 0 Å². The molecule has 2 aromatic rings. The Bertz CT molecular complexity index is 480. The first-order chi connectivity index (χ1) is 7.02. The number of imidazole rings is 1. The summed E-state index contributed by atoms with van der Waals surface area (Å²) in [6.45, 7) is 6.38. The first kappa shape index (κ1) is 10.2. The molecule has 1 aromatic heterocycles. The fraction of sp³-hybridized carbons (Fsp3) is 0.417. The third-order valence-electron chi connectivity index (χ3n) is 2.48. The monoisotopic (exact) mass is 204 g/mol. The second-order valence-corrected chi connectivity index (χ2v) is 4.81. The maximum atomic E-state index is 9.19. The Hall–Kier alpha value is -1.35. The van der Waals surface area contributed by atoms with E-state index in [9.17, 15) is 5.11 Å². The van der Waals surface area contributed by atoms with Crippen molar-refractivity contribution in [2.45, 2.75) is 32.8 Å². The van der Waals surface area contributed by atoms with Gasteiger partial charge in [-0.3, -0.25) is 0 Å². The summed E-state index contributed by atoms with van der Waals surface area (Å²) in [5.74, 6) is 0.957. The van der Waals surface area contributed by atoms with Crippen molar-refractivity contribution in [2.75, 3.05) is 0 Å². The number of fused-ring (bicyclic) bond motifs is 1. The molecule has 1 heterocycles. The predicted octanol–water partition coefficient (Wildman–Crippen LogP) is 2.35. The molecule has 0 aliphatic rings. The van der Waals surface area contributed by atoms with Gasteiger partial charge < -0.3 is 10.1 Å². The Morgan fingerprint density at radius 2 is 2.07 bits per heavy atom. The van der Waals surface area contributed by atoms with E-state index in [2.05, 4.69) is 30.7 Å². The average molecular weight is 204 g/mol. The molecule has 0 bridgehead atoms. The Balaban J connectivity index is 2.65. The summed E-state index contributed by atoms with van der Waals surface area (Å²) < 4.78 is 0. The number of nitrogens with zero attached hydrogens (tertiary/aromatic N) is 1. The molecule has 15 heavy (non-hydrogen) atoms. The van der Waals surface area contributed by atoms with Gasteiger partial charge in [0.25, 0.3) is 0 Å². The van der Waals surface area contributed by atoms with E-state index in [0.717, 1.165) is 22.4 Å². The molecule has 3 nitrogen and oxygen atoms in total. The number of aromatic amines is 1. The van der Waals surface area contributed by atoms with E-state index in [1.807, 2.05) is 18.2 Å². The first-order valence-corrected chi connectivity index (χ1v) is 5.11. The van der Waals surface area contributed by atoms with Crippen molar-refractivity contribution >= 4 is 11.0 Å². The van der Waals surface area contributed by atoms with Crippen LogP contribution in [0.4, 0.5) is 0 Å². The van der Waals surface area contributed by atoms with Crippen LogP contribution in [-0.2, 0) is 12.0 Å². The Morgan fingerprint density at radius 1 is 1.33 bits per heavy atom. The third-order valence-corrected chi connectivity index (χ3v) is 2.48. The molecule has 2 rings (SSSR count). The Morgan fingerprint density at radius 3 is 2.67 bits per heavy atom. The van der Waals surface area contributed by atoms with E-state index < -0.39 is 0 Å². The number of hydrogen-bond acceptors (Lipinski definition) is 2. The zero-order chi connectivity index (χ0) is 11.1. The van der Waals surface area contributed by atoms with Crippen LogP contribution in [-0.4, -0.2) is 15.1 Å². The lowest BCUT2D eigenvalue weighted by atomic mass is 9.96. The summed E-state index contributed by atoms with van der Waals surface area (Å²) in [6.07, 6.45) is 0. The van der Waals surface area contributed by atoms with E-state index in [1.54, 1.807) is 0 Å². The molecular formula is C12H16N2O. The molecule has 0 aliphatic heterocycles. The van der Waals surface area contributed by atoms with Crippen LogP contribution in [0.1, 0.15) is 32.2 Å². The van der Waals surface area contributed by atoms with Gasteiger partial charge in [-0.25, -0.2) is 4.98 Å². The number of H-pyrrole nitrogens is 1. The Kier molecular flexibility index (Phi) is 2.27. The molecule has 2 N–H and O–H groups in total. The molecule has 0 saturated heterocycles. The zero-order valence-electron chi connectivity index (χ0n) is 9.33. The van der Waals surface area contributed by atoms with Crippen LogP contribution in [0, 0.1) is 0 Å². The minimum absolute atomic E-state index is 0.00570. The highest BCUT2D eigenvalue weighted by molar-refractivity contribution is 5.78. The largest absolute Gasteiger partial charge is 0.392 e. The summed E-state index contributed by atoms with van der Waals surface area (Å²) in [5, 5.41) is 9.19. The number of aromatic nitrogens is 2. The van der Waals surface area contributed by atoms with Gasteiger partial charge in [0.2, 0.25) is 0 Å². The van der Waals surface area contributed by atoms with Crippen LogP contribution in [0.3, 0.4) is 0 Å².